The highest BCUT2D eigenvalue weighted by atomic mass is 14.7. The van der Waals surface area contributed by atoms with Crippen LogP contribution in [0.2, 0.25) is 0 Å². The second kappa shape index (κ2) is 5.81. The topological polar surface area (TPSA) is 15.8 Å². The summed E-state index contributed by atoms with van der Waals surface area (Å²) in [5.74, 6) is 1.68. The lowest BCUT2D eigenvalue weighted by molar-refractivity contribution is 0.396. The minimum absolute atomic E-state index is 0.759. The molecule has 3 rings (SSSR count). The number of para-hydroxylation sites is 1. The molecule has 2 aromatic rings. The van der Waals surface area contributed by atoms with Crippen molar-refractivity contribution in [3.8, 4) is 0 Å². The van der Waals surface area contributed by atoms with Gasteiger partial charge in [-0.2, -0.15) is 0 Å². The van der Waals surface area contributed by atoms with Crippen LogP contribution in [0.5, 0.6) is 0 Å². The summed E-state index contributed by atoms with van der Waals surface area (Å²) in [6, 6.07) is 11.1. The number of fused-ring (bicyclic) bond motifs is 1. The number of aromatic nitrogens is 1. The molecule has 1 atom stereocenters. The molecule has 1 aromatic heterocycles. The van der Waals surface area contributed by atoms with Gasteiger partial charge >= 0.3 is 0 Å². The summed E-state index contributed by atoms with van der Waals surface area (Å²) in [6.45, 7) is 2.30. The van der Waals surface area contributed by atoms with Gasteiger partial charge in [-0.1, -0.05) is 50.8 Å². The first-order valence-corrected chi connectivity index (χ1v) is 7.96. The first-order valence-electron chi connectivity index (χ1n) is 7.96. The first-order chi connectivity index (χ1) is 9.38. The van der Waals surface area contributed by atoms with Crippen LogP contribution in [-0.4, -0.2) is 4.98 Å². The van der Waals surface area contributed by atoms with Gasteiger partial charge in [-0.3, -0.25) is 0 Å². The fourth-order valence-electron chi connectivity index (χ4n) is 3.72. The van der Waals surface area contributed by atoms with E-state index in [1.807, 2.05) is 0 Å². The number of nitrogens with one attached hydrogen (secondary N) is 1. The van der Waals surface area contributed by atoms with E-state index in [1.54, 1.807) is 0 Å². The Morgan fingerprint density at radius 1 is 1.21 bits per heavy atom. The zero-order valence-corrected chi connectivity index (χ0v) is 12.0. The summed E-state index contributed by atoms with van der Waals surface area (Å²) in [7, 11) is 0. The number of rotatable bonds is 5. The number of aromatic amines is 1. The molecule has 1 aliphatic carbocycles. The molecule has 19 heavy (non-hydrogen) atoms. The van der Waals surface area contributed by atoms with Gasteiger partial charge < -0.3 is 4.98 Å². The van der Waals surface area contributed by atoms with Crippen molar-refractivity contribution in [1.29, 1.82) is 0 Å². The predicted octanol–water partition coefficient (Wildman–Crippen LogP) is 5.63. The second-order valence-electron chi connectivity index (χ2n) is 6.11. The molecule has 102 valence electrons. The Morgan fingerprint density at radius 3 is 2.74 bits per heavy atom. The van der Waals surface area contributed by atoms with Crippen LogP contribution < -0.4 is 0 Å². The minimum Gasteiger partial charge on any atom is -0.358 e. The molecule has 1 fully saturated rings. The van der Waals surface area contributed by atoms with E-state index >= 15 is 0 Å². The molecule has 0 radical (unpaired) electrons. The molecule has 1 aromatic carbocycles. The third kappa shape index (κ3) is 2.70. The molecule has 1 unspecified atom stereocenters. The summed E-state index contributed by atoms with van der Waals surface area (Å²) in [4.78, 5) is 3.68. The molecular formula is C18H25N. The van der Waals surface area contributed by atoms with Crippen LogP contribution in [-0.2, 0) is 0 Å². The third-order valence-corrected chi connectivity index (χ3v) is 4.79. The molecule has 0 amide bonds. The van der Waals surface area contributed by atoms with E-state index in [-0.39, 0.29) is 0 Å². The van der Waals surface area contributed by atoms with Crippen molar-refractivity contribution >= 4 is 10.9 Å². The highest BCUT2D eigenvalue weighted by molar-refractivity contribution is 5.80. The highest BCUT2D eigenvalue weighted by Crippen LogP contribution is 2.40. The maximum atomic E-state index is 3.68. The Morgan fingerprint density at radius 2 is 2.00 bits per heavy atom. The summed E-state index contributed by atoms with van der Waals surface area (Å²) in [5, 5.41) is 1.37. The average molecular weight is 255 g/mol. The zero-order valence-electron chi connectivity index (χ0n) is 12.0. The standard InChI is InChI=1S/C18H25N/c1-2-3-11-16(14-8-4-5-9-14)18-13-15-10-6-7-12-17(15)19-18/h6-7,10,12-14,16,19H,2-5,8-9,11H2,1H3. The van der Waals surface area contributed by atoms with Crippen LogP contribution in [0.4, 0.5) is 0 Å². The van der Waals surface area contributed by atoms with Gasteiger partial charge in [0.25, 0.3) is 0 Å². The molecule has 1 heterocycles. The largest absolute Gasteiger partial charge is 0.358 e. The Balaban J connectivity index is 1.88. The van der Waals surface area contributed by atoms with E-state index in [4.69, 9.17) is 0 Å². The normalized spacial score (nSPS) is 18.2. The monoisotopic (exact) mass is 255 g/mol. The van der Waals surface area contributed by atoms with Crippen LogP contribution in [0.1, 0.15) is 63.5 Å². The number of unbranched alkanes of at least 4 members (excludes halogenated alkanes) is 1. The Hall–Kier alpha value is -1.24. The quantitative estimate of drug-likeness (QED) is 0.712. The van der Waals surface area contributed by atoms with Crippen molar-refractivity contribution in [2.24, 2.45) is 5.92 Å². The molecular weight excluding hydrogens is 230 g/mol. The number of benzene rings is 1. The third-order valence-electron chi connectivity index (χ3n) is 4.79. The van der Waals surface area contributed by atoms with Crippen molar-refractivity contribution < 1.29 is 0 Å². The van der Waals surface area contributed by atoms with Crippen LogP contribution in [0.15, 0.2) is 30.3 Å². The van der Waals surface area contributed by atoms with Gasteiger partial charge in [0.1, 0.15) is 0 Å². The van der Waals surface area contributed by atoms with Gasteiger partial charge in [-0.15, -0.1) is 0 Å². The van der Waals surface area contributed by atoms with Gasteiger partial charge in [0.05, 0.1) is 0 Å². The van der Waals surface area contributed by atoms with E-state index < -0.39 is 0 Å². The van der Waals surface area contributed by atoms with E-state index in [9.17, 15) is 0 Å². The molecule has 0 bridgehead atoms. The number of hydrogen-bond donors (Lipinski definition) is 1. The molecule has 0 saturated heterocycles. The fourth-order valence-corrected chi connectivity index (χ4v) is 3.72. The summed E-state index contributed by atoms with van der Waals surface area (Å²) in [6.07, 6.45) is 9.77. The van der Waals surface area contributed by atoms with E-state index in [0.29, 0.717) is 0 Å². The second-order valence-corrected chi connectivity index (χ2v) is 6.11. The average Bonchev–Trinajstić information content (AvgIpc) is 3.08. The van der Waals surface area contributed by atoms with Crippen LogP contribution in [0, 0.1) is 5.92 Å². The number of H-pyrrole nitrogens is 1. The Kier molecular flexibility index (Phi) is 3.91. The van der Waals surface area contributed by atoms with E-state index in [2.05, 4.69) is 42.2 Å². The first kappa shape index (κ1) is 12.8. The number of hydrogen-bond acceptors (Lipinski definition) is 0. The summed E-state index contributed by atoms with van der Waals surface area (Å²) < 4.78 is 0. The van der Waals surface area contributed by atoms with Gasteiger partial charge in [-0.25, -0.2) is 0 Å². The molecule has 1 N–H and O–H groups in total. The van der Waals surface area contributed by atoms with Gasteiger partial charge in [0.2, 0.25) is 0 Å². The lowest BCUT2D eigenvalue weighted by Crippen LogP contribution is -2.10. The summed E-state index contributed by atoms with van der Waals surface area (Å²) in [5.41, 5.74) is 2.79. The van der Waals surface area contributed by atoms with E-state index in [1.165, 1.54) is 61.5 Å². The Labute approximate surface area is 116 Å². The molecule has 0 aliphatic heterocycles. The van der Waals surface area contributed by atoms with E-state index in [0.717, 1.165) is 11.8 Å². The molecule has 1 nitrogen and oxygen atoms in total. The van der Waals surface area contributed by atoms with Crippen LogP contribution >= 0.6 is 0 Å². The van der Waals surface area contributed by atoms with Crippen LogP contribution in [0.25, 0.3) is 10.9 Å². The van der Waals surface area contributed by atoms with Crippen molar-refractivity contribution in [3.63, 3.8) is 0 Å². The summed E-state index contributed by atoms with van der Waals surface area (Å²) >= 11 is 0. The molecule has 0 spiro atoms. The van der Waals surface area contributed by atoms with Gasteiger partial charge in [-0.05, 0) is 42.7 Å². The van der Waals surface area contributed by atoms with Crippen molar-refractivity contribution in [2.45, 2.75) is 57.8 Å². The van der Waals surface area contributed by atoms with Crippen LogP contribution in [0.3, 0.4) is 0 Å². The maximum absolute atomic E-state index is 3.68. The maximum Gasteiger partial charge on any atom is 0.0456 e. The molecule has 1 saturated carbocycles. The minimum atomic E-state index is 0.759. The zero-order chi connectivity index (χ0) is 13.1. The van der Waals surface area contributed by atoms with Gasteiger partial charge in [0.15, 0.2) is 0 Å². The highest BCUT2D eigenvalue weighted by Gasteiger charge is 2.26. The van der Waals surface area contributed by atoms with Crippen molar-refractivity contribution in [3.05, 3.63) is 36.0 Å². The predicted molar refractivity (Wildman–Crippen MR) is 82.5 cm³/mol. The van der Waals surface area contributed by atoms with Crippen molar-refractivity contribution in [1.82, 2.24) is 4.98 Å². The van der Waals surface area contributed by atoms with Gasteiger partial charge in [0, 0.05) is 17.1 Å². The smallest absolute Gasteiger partial charge is 0.0456 e. The Bertz CT molecular complexity index is 486. The fraction of sp³-hybridized carbons (Fsp3) is 0.556. The molecule has 1 aliphatic rings. The lowest BCUT2D eigenvalue weighted by atomic mass is 9.84. The molecule has 1 heteroatoms. The SMILES string of the molecule is CCCCC(c1cc2ccccc2[nH]1)C1CCCC1. The lowest BCUT2D eigenvalue weighted by Gasteiger charge is -2.22. The van der Waals surface area contributed by atoms with Crippen molar-refractivity contribution in [2.75, 3.05) is 0 Å².